The van der Waals surface area contributed by atoms with Crippen molar-refractivity contribution in [1.82, 2.24) is 9.88 Å². The van der Waals surface area contributed by atoms with E-state index in [2.05, 4.69) is 12.2 Å². The first kappa shape index (κ1) is 20.7. The predicted octanol–water partition coefficient (Wildman–Crippen LogP) is 3.17. The maximum absolute atomic E-state index is 11.5. The minimum absolute atomic E-state index is 0.0302. The quantitative estimate of drug-likeness (QED) is 0.766. The Morgan fingerprint density at radius 1 is 1.34 bits per heavy atom. The highest BCUT2D eigenvalue weighted by atomic mass is 35.5. The Labute approximate surface area is 176 Å². The maximum atomic E-state index is 11.5. The van der Waals surface area contributed by atoms with E-state index in [4.69, 9.17) is 16.3 Å². The number of phenolic OH excluding ortho intramolecular Hbond substituents is 1. The van der Waals surface area contributed by atoms with Crippen LogP contribution >= 0.6 is 11.6 Å². The first-order valence-corrected chi connectivity index (χ1v) is 12.3. The zero-order chi connectivity index (χ0) is 20.8. The Morgan fingerprint density at radius 3 is 2.90 bits per heavy atom. The molecule has 2 N–H and O–H groups in total. The van der Waals surface area contributed by atoms with E-state index in [0.29, 0.717) is 24.6 Å². The number of aromatic nitrogens is 1. The Hall–Kier alpha value is -1.54. The van der Waals surface area contributed by atoms with Gasteiger partial charge in [-0.1, -0.05) is 17.7 Å². The van der Waals surface area contributed by atoms with Crippen molar-refractivity contribution < 1.29 is 18.3 Å². The van der Waals surface area contributed by atoms with Gasteiger partial charge < -0.3 is 19.7 Å². The van der Waals surface area contributed by atoms with Gasteiger partial charge in [0.15, 0.2) is 0 Å². The van der Waals surface area contributed by atoms with Crippen LogP contribution in [0.25, 0.3) is 0 Å². The highest BCUT2D eigenvalue weighted by Gasteiger charge is 2.46. The molecule has 2 aliphatic rings. The molecule has 0 unspecified atom stereocenters. The van der Waals surface area contributed by atoms with Crippen LogP contribution in [0.1, 0.15) is 42.5 Å². The van der Waals surface area contributed by atoms with E-state index >= 15 is 0 Å². The number of benzene rings is 1. The number of ether oxygens (including phenoxy) is 1. The third kappa shape index (κ3) is 4.19. The van der Waals surface area contributed by atoms with Crippen LogP contribution in [0, 0.1) is 0 Å². The van der Waals surface area contributed by atoms with Gasteiger partial charge in [0.05, 0.1) is 17.4 Å². The summed E-state index contributed by atoms with van der Waals surface area (Å²) in [4.78, 5) is 0. The molecule has 1 spiro atoms. The topological polar surface area (TPSA) is 80.6 Å². The van der Waals surface area contributed by atoms with Crippen LogP contribution in [-0.4, -0.2) is 42.7 Å². The normalized spacial score (nSPS) is 27.1. The highest BCUT2D eigenvalue weighted by molar-refractivity contribution is 7.90. The number of aryl methyl sites for hydroxylation is 1. The Balaban J connectivity index is 1.64. The summed E-state index contributed by atoms with van der Waals surface area (Å²) in [5.74, 6) is 0.241. The summed E-state index contributed by atoms with van der Waals surface area (Å²) >= 11 is 6.24. The van der Waals surface area contributed by atoms with Crippen molar-refractivity contribution in [2.75, 3.05) is 18.6 Å². The minimum atomic E-state index is -3.01. The molecule has 1 aromatic carbocycles. The first-order valence-electron chi connectivity index (χ1n) is 9.91. The van der Waals surface area contributed by atoms with E-state index < -0.39 is 15.4 Å². The molecule has 0 radical (unpaired) electrons. The van der Waals surface area contributed by atoms with E-state index in [0.717, 1.165) is 29.5 Å². The lowest BCUT2D eigenvalue weighted by atomic mass is 9.74. The molecule has 1 fully saturated rings. The van der Waals surface area contributed by atoms with Gasteiger partial charge in [-0.2, -0.15) is 0 Å². The summed E-state index contributed by atoms with van der Waals surface area (Å²) in [6.07, 6.45) is 7.35. The molecule has 2 aliphatic heterocycles. The lowest BCUT2D eigenvalue weighted by molar-refractivity contribution is -0.0995. The molecule has 2 aromatic rings. The van der Waals surface area contributed by atoms with Crippen molar-refractivity contribution in [1.29, 1.82) is 0 Å². The standard InChI is InChI=1S/C21H27ClN2O4S/c1-14-11-21(19-15(6-9-28-21)3-4-17(22)20(19)25)12-18(23-14)16-5-7-24(13-16)8-10-29(2,26)27/h3-5,7,13-14,18,23,25H,6,8-12H2,1-2H3/t14-,18-,21-/m0/s1. The zero-order valence-electron chi connectivity index (χ0n) is 16.7. The number of piperidine rings is 1. The average Bonchev–Trinajstić information content (AvgIpc) is 3.11. The maximum Gasteiger partial charge on any atom is 0.149 e. The van der Waals surface area contributed by atoms with Gasteiger partial charge in [0.25, 0.3) is 0 Å². The van der Waals surface area contributed by atoms with Crippen LogP contribution < -0.4 is 5.32 Å². The Bertz CT molecular complexity index is 1020. The Kier molecular flexibility index (Phi) is 5.44. The number of fused-ring (bicyclic) bond motifs is 2. The number of halogens is 1. The molecule has 1 saturated heterocycles. The van der Waals surface area contributed by atoms with E-state index in [1.807, 2.05) is 29.1 Å². The van der Waals surface area contributed by atoms with Crippen LogP contribution in [0.3, 0.4) is 0 Å². The molecule has 0 aliphatic carbocycles. The summed E-state index contributed by atoms with van der Waals surface area (Å²) in [6.45, 7) is 3.17. The van der Waals surface area contributed by atoms with Gasteiger partial charge in [-0.3, -0.25) is 0 Å². The zero-order valence-corrected chi connectivity index (χ0v) is 18.3. The third-order valence-electron chi connectivity index (χ3n) is 5.97. The fourth-order valence-electron chi connectivity index (χ4n) is 4.73. The first-order chi connectivity index (χ1) is 13.7. The van der Waals surface area contributed by atoms with E-state index in [1.165, 1.54) is 6.26 Å². The van der Waals surface area contributed by atoms with Gasteiger partial charge in [-0.15, -0.1) is 0 Å². The van der Waals surface area contributed by atoms with E-state index in [9.17, 15) is 13.5 Å². The number of nitrogens with zero attached hydrogens (tertiary/aromatic N) is 1. The van der Waals surface area contributed by atoms with Crippen LogP contribution in [0.2, 0.25) is 5.02 Å². The largest absolute Gasteiger partial charge is 0.506 e. The van der Waals surface area contributed by atoms with Crippen LogP contribution in [-0.2, 0) is 33.1 Å². The molecule has 0 bridgehead atoms. The molecule has 29 heavy (non-hydrogen) atoms. The summed E-state index contributed by atoms with van der Waals surface area (Å²) in [7, 11) is -3.01. The van der Waals surface area contributed by atoms with Gasteiger partial charge >= 0.3 is 0 Å². The summed E-state index contributed by atoms with van der Waals surface area (Å²) in [6, 6.07) is 5.97. The molecule has 8 heteroatoms. The number of hydrogen-bond donors (Lipinski definition) is 2. The van der Waals surface area contributed by atoms with E-state index in [-0.39, 0.29) is 23.6 Å². The molecule has 0 saturated carbocycles. The SMILES string of the molecule is C[C@H]1C[C@@]2(C[C@@H](c3ccn(CCS(C)(=O)=O)c3)N1)OCCc1ccc(Cl)c(O)c12. The van der Waals surface area contributed by atoms with Gasteiger partial charge in [-0.05, 0) is 43.0 Å². The van der Waals surface area contributed by atoms with Crippen molar-refractivity contribution in [3.63, 3.8) is 0 Å². The second kappa shape index (κ2) is 7.61. The predicted molar refractivity (Wildman–Crippen MR) is 113 cm³/mol. The second-order valence-electron chi connectivity index (χ2n) is 8.36. The molecule has 1 aromatic heterocycles. The number of phenols is 1. The summed E-state index contributed by atoms with van der Waals surface area (Å²) in [5.41, 5.74) is 2.41. The lowest BCUT2D eigenvalue weighted by Crippen LogP contribution is -2.50. The second-order valence-corrected chi connectivity index (χ2v) is 11.0. The molecule has 158 valence electrons. The molecule has 6 nitrogen and oxygen atoms in total. The van der Waals surface area contributed by atoms with Crippen molar-refractivity contribution >= 4 is 21.4 Å². The summed E-state index contributed by atoms with van der Waals surface area (Å²) in [5, 5.41) is 14.7. The number of nitrogens with one attached hydrogen (secondary N) is 1. The number of sulfone groups is 1. The van der Waals surface area contributed by atoms with Gasteiger partial charge in [0.1, 0.15) is 21.2 Å². The number of rotatable bonds is 4. The van der Waals surface area contributed by atoms with Crippen LogP contribution in [0.4, 0.5) is 0 Å². The van der Waals surface area contributed by atoms with Crippen molar-refractivity contribution in [2.24, 2.45) is 0 Å². The smallest absolute Gasteiger partial charge is 0.149 e. The van der Waals surface area contributed by atoms with Gasteiger partial charge in [0, 0.05) is 49.3 Å². The molecule has 3 atom stereocenters. The monoisotopic (exact) mass is 438 g/mol. The van der Waals surface area contributed by atoms with Crippen LogP contribution in [0.15, 0.2) is 30.6 Å². The highest BCUT2D eigenvalue weighted by Crippen LogP contribution is 2.50. The van der Waals surface area contributed by atoms with E-state index in [1.54, 1.807) is 6.07 Å². The fraction of sp³-hybridized carbons (Fsp3) is 0.524. The fourth-order valence-corrected chi connectivity index (χ4v) is 5.43. The van der Waals surface area contributed by atoms with Crippen molar-refractivity contribution in [2.45, 2.75) is 50.4 Å². The van der Waals surface area contributed by atoms with Gasteiger partial charge in [-0.25, -0.2) is 8.42 Å². The average molecular weight is 439 g/mol. The molecule has 3 heterocycles. The van der Waals surface area contributed by atoms with Crippen molar-refractivity contribution in [3.8, 4) is 5.75 Å². The minimum Gasteiger partial charge on any atom is -0.506 e. The lowest BCUT2D eigenvalue weighted by Gasteiger charge is -2.47. The molecular formula is C21H27ClN2O4S. The molecule has 4 rings (SSSR count). The summed E-state index contributed by atoms with van der Waals surface area (Å²) < 4.78 is 31.2. The molecule has 0 amide bonds. The third-order valence-corrected chi connectivity index (χ3v) is 7.20. The van der Waals surface area contributed by atoms with Crippen molar-refractivity contribution in [3.05, 3.63) is 52.3 Å². The van der Waals surface area contributed by atoms with Gasteiger partial charge in [0.2, 0.25) is 0 Å². The van der Waals surface area contributed by atoms with Crippen LogP contribution in [0.5, 0.6) is 5.75 Å². The number of hydrogen-bond acceptors (Lipinski definition) is 5. The Morgan fingerprint density at radius 2 is 2.14 bits per heavy atom. The number of aromatic hydroxyl groups is 1. The molecular weight excluding hydrogens is 412 g/mol.